The number of anilines is 1. The molecule has 2 aliphatic rings. The number of nitrogens with zero attached hydrogens (tertiary/aromatic N) is 4. The number of ether oxygens (including phenoxy) is 1. The van der Waals surface area contributed by atoms with Crippen molar-refractivity contribution in [1.29, 1.82) is 0 Å². The molecule has 3 heterocycles. The molecule has 1 atom stereocenters. The van der Waals surface area contributed by atoms with Crippen molar-refractivity contribution in [3.8, 4) is 0 Å². The van der Waals surface area contributed by atoms with Gasteiger partial charge in [0.05, 0.1) is 6.61 Å². The molecule has 2 saturated heterocycles. The van der Waals surface area contributed by atoms with E-state index in [-0.39, 0.29) is 0 Å². The van der Waals surface area contributed by atoms with Gasteiger partial charge in [0.2, 0.25) is 5.95 Å². The molecule has 2 fully saturated rings. The summed E-state index contributed by atoms with van der Waals surface area (Å²) in [7, 11) is 4.03. The second-order valence-corrected chi connectivity index (χ2v) is 7.87. The zero-order valence-corrected chi connectivity index (χ0v) is 18.4. The van der Waals surface area contributed by atoms with Crippen LogP contribution in [0.5, 0.6) is 0 Å². The Hall–Kier alpha value is -2.68. The van der Waals surface area contributed by atoms with E-state index in [1.807, 2.05) is 18.5 Å². The van der Waals surface area contributed by atoms with Crippen molar-refractivity contribution in [1.82, 2.24) is 14.9 Å². The Kier molecular flexibility index (Phi) is 10.5. The highest BCUT2D eigenvalue weighted by Gasteiger charge is 2.44. The molecular weight excluding hydrogens is 478 g/mol. The van der Waals surface area contributed by atoms with Crippen LogP contribution < -0.4 is 4.90 Å². The molecule has 15 heteroatoms. The molecule has 3 rings (SSSR count). The predicted octanol–water partition coefficient (Wildman–Crippen LogP) is 2.68. The number of piperidine rings is 1. The number of hydrogen-bond acceptors (Lipinski definition) is 7. The quantitative estimate of drug-likeness (QED) is 0.600. The minimum absolute atomic E-state index is 0.475. The number of aliphatic carboxylic acids is 2. The van der Waals surface area contributed by atoms with Crippen molar-refractivity contribution in [2.75, 3.05) is 45.3 Å². The van der Waals surface area contributed by atoms with Gasteiger partial charge in [-0.1, -0.05) is 0 Å². The number of carboxylic acids is 2. The molecule has 0 radical (unpaired) electrons. The summed E-state index contributed by atoms with van der Waals surface area (Å²) in [5.41, 5.74) is 0.475. The average Bonchev–Trinajstić information content (AvgIpc) is 3.03. The molecule has 0 saturated carbocycles. The van der Waals surface area contributed by atoms with Gasteiger partial charge in [-0.2, -0.15) is 26.3 Å². The Morgan fingerprint density at radius 2 is 1.50 bits per heavy atom. The standard InChI is InChI=1S/C15H24N4O.2C2HF3O2/c1-18-12-15(10-13(18)11-20-2)4-8-19(9-5-15)14-16-6-3-7-17-14;2*3-2(4,5)1(6)7/h3,6-7,13H,4-5,8-12H2,1-2H3;2*(H,6,7). The lowest BCUT2D eigenvalue weighted by atomic mass is 9.76. The molecule has 0 aliphatic carbocycles. The first-order valence-corrected chi connectivity index (χ1v) is 9.92. The maximum atomic E-state index is 10.6. The SMILES string of the molecule is COCC1CC2(CCN(c3ncccn3)CC2)CN1C.O=C(O)C(F)(F)F.O=C(O)C(F)(F)F. The monoisotopic (exact) mass is 504 g/mol. The van der Waals surface area contributed by atoms with Gasteiger partial charge in [0.1, 0.15) is 0 Å². The highest BCUT2D eigenvalue weighted by Crippen LogP contribution is 2.43. The third-order valence-electron chi connectivity index (χ3n) is 5.38. The number of likely N-dealkylation sites (tertiary alicyclic amines) is 1. The van der Waals surface area contributed by atoms with E-state index in [1.54, 1.807) is 7.11 Å². The van der Waals surface area contributed by atoms with Gasteiger partial charge in [0.25, 0.3) is 0 Å². The summed E-state index contributed by atoms with van der Waals surface area (Å²) < 4.78 is 68.8. The summed E-state index contributed by atoms with van der Waals surface area (Å²) in [5, 5.41) is 14.2. The van der Waals surface area contributed by atoms with Crippen LogP contribution in [0, 0.1) is 5.41 Å². The fourth-order valence-corrected chi connectivity index (χ4v) is 3.75. The number of methoxy groups -OCH3 is 1. The van der Waals surface area contributed by atoms with Crippen LogP contribution >= 0.6 is 0 Å². The lowest BCUT2D eigenvalue weighted by molar-refractivity contribution is -0.193. The molecule has 194 valence electrons. The number of hydrogen-bond donors (Lipinski definition) is 2. The summed E-state index contributed by atoms with van der Waals surface area (Å²) in [6.07, 6.45) is -2.79. The van der Waals surface area contributed by atoms with Crippen LogP contribution in [0.4, 0.5) is 32.3 Å². The van der Waals surface area contributed by atoms with Crippen LogP contribution in [0.1, 0.15) is 19.3 Å². The molecule has 1 aromatic heterocycles. The molecule has 0 bridgehead atoms. The normalized spacial score (nSPS) is 20.1. The topological polar surface area (TPSA) is 116 Å². The highest BCUT2D eigenvalue weighted by atomic mass is 19.4. The van der Waals surface area contributed by atoms with Gasteiger partial charge in [-0.25, -0.2) is 19.6 Å². The van der Waals surface area contributed by atoms with Crippen molar-refractivity contribution in [2.24, 2.45) is 5.41 Å². The largest absolute Gasteiger partial charge is 0.490 e. The van der Waals surface area contributed by atoms with Crippen LogP contribution in [0.25, 0.3) is 0 Å². The Morgan fingerprint density at radius 1 is 1.06 bits per heavy atom. The van der Waals surface area contributed by atoms with Crippen LogP contribution in [-0.4, -0.2) is 95.8 Å². The maximum Gasteiger partial charge on any atom is 0.490 e. The Bertz CT molecular complexity index is 762. The number of carboxylic acid groups (broad SMARTS) is 2. The predicted molar refractivity (Wildman–Crippen MR) is 106 cm³/mol. The number of halogens is 6. The molecular formula is C19H26F6N4O5. The minimum Gasteiger partial charge on any atom is -0.475 e. The van der Waals surface area contributed by atoms with Crippen molar-refractivity contribution in [3.63, 3.8) is 0 Å². The lowest BCUT2D eigenvalue weighted by Gasteiger charge is -2.39. The number of carbonyl (C=O) groups is 2. The molecule has 0 amide bonds. The van der Waals surface area contributed by atoms with E-state index in [0.717, 1.165) is 25.6 Å². The average molecular weight is 504 g/mol. The summed E-state index contributed by atoms with van der Waals surface area (Å²) in [4.78, 5) is 31.3. The molecule has 1 unspecified atom stereocenters. The number of alkyl halides is 6. The van der Waals surface area contributed by atoms with Gasteiger partial charge < -0.3 is 24.7 Å². The third-order valence-corrected chi connectivity index (χ3v) is 5.38. The number of aromatic nitrogens is 2. The van der Waals surface area contributed by atoms with E-state index in [9.17, 15) is 26.3 Å². The van der Waals surface area contributed by atoms with Gasteiger partial charge >= 0.3 is 24.3 Å². The second-order valence-electron chi connectivity index (χ2n) is 7.87. The smallest absolute Gasteiger partial charge is 0.475 e. The zero-order chi connectivity index (χ0) is 26.2. The molecule has 34 heavy (non-hydrogen) atoms. The Labute approximate surface area is 191 Å². The third kappa shape index (κ3) is 9.29. The van der Waals surface area contributed by atoms with Crippen molar-refractivity contribution >= 4 is 17.9 Å². The fourth-order valence-electron chi connectivity index (χ4n) is 3.75. The summed E-state index contributed by atoms with van der Waals surface area (Å²) >= 11 is 0. The first-order valence-electron chi connectivity index (χ1n) is 9.92. The van der Waals surface area contributed by atoms with Gasteiger partial charge in [0.15, 0.2) is 0 Å². The number of rotatable bonds is 3. The van der Waals surface area contributed by atoms with Gasteiger partial charge in [-0.3, -0.25) is 0 Å². The van der Waals surface area contributed by atoms with E-state index in [4.69, 9.17) is 24.5 Å². The maximum absolute atomic E-state index is 10.6. The van der Waals surface area contributed by atoms with E-state index in [1.165, 1.54) is 25.8 Å². The molecule has 2 aliphatic heterocycles. The van der Waals surface area contributed by atoms with Gasteiger partial charge in [0, 0.05) is 45.2 Å². The first kappa shape index (κ1) is 29.4. The van der Waals surface area contributed by atoms with E-state index < -0.39 is 24.3 Å². The zero-order valence-electron chi connectivity index (χ0n) is 18.4. The molecule has 9 nitrogen and oxygen atoms in total. The lowest BCUT2D eigenvalue weighted by Crippen LogP contribution is -2.42. The minimum atomic E-state index is -5.08. The van der Waals surface area contributed by atoms with E-state index >= 15 is 0 Å². The molecule has 2 N–H and O–H groups in total. The van der Waals surface area contributed by atoms with Crippen molar-refractivity contribution < 1.29 is 50.9 Å². The highest BCUT2D eigenvalue weighted by molar-refractivity contribution is 5.73. The van der Waals surface area contributed by atoms with Crippen LogP contribution in [0.2, 0.25) is 0 Å². The Balaban J connectivity index is 0.000000343. The first-order chi connectivity index (χ1) is 15.6. The van der Waals surface area contributed by atoms with Crippen LogP contribution in [0.15, 0.2) is 18.5 Å². The van der Waals surface area contributed by atoms with E-state index in [2.05, 4.69) is 26.8 Å². The second kappa shape index (κ2) is 12.1. The summed E-state index contributed by atoms with van der Waals surface area (Å²) in [6, 6.07) is 2.45. The van der Waals surface area contributed by atoms with Gasteiger partial charge in [-0.15, -0.1) is 0 Å². The van der Waals surface area contributed by atoms with E-state index in [0.29, 0.717) is 11.5 Å². The summed E-state index contributed by atoms with van der Waals surface area (Å²) in [6.45, 7) is 4.18. The molecule has 0 aromatic carbocycles. The molecule has 1 spiro atoms. The number of likely N-dealkylation sites (N-methyl/N-ethyl adjacent to an activating group) is 1. The van der Waals surface area contributed by atoms with Gasteiger partial charge in [-0.05, 0) is 37.8 Å². The van der Waals surface area contributed by atoms with Crippen molar-refractivity contribution in [3.05, 3.63) is 18.5 Å². The van der Waals surface area contributed by atoms with Crippen molar-refractivity contribution in [2.45, 2.75) is 37.7 Å². The van der Waals surface area contributed by atoms with Crippen LogP contribution in [-0.2, 0) is 14.3 Å². The van der Waals surface area contributed by atoms with Crippen LogP contribution in [0.3, 0.4) is 0 Å². The molecule has 1 aromatic rings. The fraction of sp³-hybridized carbons (Fsp3) is 0.684. The summed E-state index contributed by atoms with van der Waals surface area (Å²) in [5.74, 6) is -4.64. The Morgan fingerprint density at radius 3 is 1.88 bits per heavy atom.